The molecule has 0 radical (unpaired) electrons. The van der Waals surface area contributed by atoms with Gasteiger partial charge in [0.2, 0.25) is 0 Å². The zero-order valence-electron chi connectivity index (χ0n) is 9.65. The minimum absolute atomic E-state index is 0.00665. The monoisotopic (exact) mass is 280 g/mol. The van der Waals surface area contributed by atoms with Gasteiger partial charge in [-0.3, -0.25) is 10.9 Å². The van der Waals surface area contributed by atoms with E-state index >= 15 is 0 Å². The van der Waals surface area contributed by atoms with Crippen LogP contribution in [0.2, 0.25) is 5.02 Å². The fourth-order valence-electron chi connectivity index (χ4n) is 1.31. The summed E-state index contributed by atoms with van der Waals surface area (Å²) in [6, 6.07) is 8.87. The number of aromatic nitrogens is 1. The van der Waals surface area contributed by atoms with Gasteiger partial charge in [-0.15, -0.1) is 0 Å². The van der Waals surface area contributed by atoms with E-state index in [2.05, 4.69) is 21.2 Å². The van der Waals surface area contributed by atoms with Crippen LogP contribution in [-0.4, -0.2) is 11.0 Å². The van der Waals surface area contributed by atoms with Gasteiger partial charge in [-0.05, 0) is 24.3 Å². The van der Waals surface area contributed by atoms with Crippen LogP contribution in [0.1, 0.15) is 0 Å². The molecular formula is C12H10ClFN4O. The SMILES string of the molecule is O=C(NNc1ccccn1)Nc1cccc(Cl)c1F. The highest BCUT2D eigenvalue weighted by atomic mass is 35.5. The molecule has 2 rings (SSSR count). The summed E-state index contributed by atoms with van der Waals surface area (Å²) in [7, 11) is 0. The van der Waals surface area contributed by atoms with E-state index in [1.54, 1.807) is 24.4 Å². The Balaban J connectivity index is 1.93. The Hall–Kier alpha value is -2.34. The van der Waals surface area contributed by atoms with Crippen LogP contribution >= 0.6 is 11.6 Å². The lowest BCUT2D eigenvalue weighted by molar-refractivity contribution is 0.253. The van der Waals surface area contributed by atoms with Gasteiger partial charge in [0.15, 0.2) is 5.82 Å². The van der Waals surface area contributed by atoms with Crippen molar-refractivity contribution in [3.63, 3.8) is 0 Å². The van der Waals surface area contributed by atoms with Gasteiger partial charge >= 0.3 is 6.03 Å². The third-order valence-corrected chi connectivity index (χ3v) is 2.46. The maximum Gasteiger partial charge on any atom is 0.337 e. The molecule has 2 amide bonds. The van der Waals surface area contributed by atoms with Crippen LogP contribution in [0, 0.1) is 5.82 Å². The predicted molar refractivity (Wildman–Crippen MR) is 71.4 cm³/mol. The summed E-state index contributed by atoms with van der Waals surface area (Å²) in [5, 5.41) is 2.26. The lowest BCUT2D eigenvalue weighted by Gasteiger charge is -2.10. The number of nitrogens with one attached hydrogen (secondary N) is 3. The molecule has 0 saturated carbocycles. The Bertz CT molecular complexity index is 579. The molecule has 1 aromatic carbocycles. The van der Waals surface area contributed by atoms with E-state index < -0.39 is 11.8 Å². The van der Waals surface area contributed by atoms with Crippen molar-refractivity contribution in [2.45, 2.75) is 0 Å². The zero-order chi connectivity index (χ0) is 13.7. The molecule has 0 atom stereocenters. The summed E-state index contributed by atoms with van der Waals surface area (Å²) in [5.74, 6) is -0.221. The number of carbonyl (C=O) groups excluding carboxylic acids is 1. The van der Waals surface area contributed by atoms with Crippen molar-refractivity contribution in [3.05, 3.63) is 53.4 Å². The van der Waals surface area contributed by atoms with E-state index in [0.29, 0.717) is 5.82 Å². The van der Waals surface area contributed by atoms with Crippen LogP contribution < -0.4 is 16.2 Å². The Morgan fingerprint density at radius 3 is 2.79 bits per heavy atom. The topological polar surface area (TPSA) is 66.0 Å². The van der Waals surface area contributed by atoms with E-state index in [1.807, 2.05) is 0 Å². The number of hydrogen-bond donors (Lipinski definition) is 3. The highest BCUT2D eigenvalue weighted by Crippen LogP contribution is 2.21. The first-order valence-corrected chi connectivity index (χ1v) is 5.72. The molecule has 0 bridgehead atoms. The fourth-order valence-corrected chi connectivity index (χ4v) is 1.49. The van der Waals surface area contributed by atoms with Crippen LogP contribution in [0.15, 0.2) is 42.6 Å². The molecule has 0 fully saturated rings. The first-order valence-electron chi connectivity index (χ1n) is 5.35. The van der Waals surface area contributed by atoms with Gasteiger partial charge in [-0.25, -0.2) is 14.2 Å². The van der Waals surface area contributed by atoms with Crippen LogP contribution in [-0.2, 0) is 0 Å². The van der Waals surface area contributed by atoms with Crippen LogP contribution in [0.25, 0.3) is 0 Å². The minimum atomic E-state index is -0.683. The van der Waals surface area contributed by atoms with Crippen LogP contribution in [0.5, 0.6) is 0 Å². The van der Waals surface area contributed by atoms with Crippen LogP contribution in [0.3, 0.4) is 0 Å². The van der Waals surface area contributed by atoms with Crippen LogP contribution in [0.4, 0.5) is 20.7 Å². The minimum Gasteiger partial charge on any atom is -0.304 e. The predicted octanol–water partition coefficient (Wildman–Crippen LogP) is 3.02. The number of halogens is 2. The van der Waals surface area contributed by atoms with Crippen molar-refractivity contribution in [2.75, 3.05) is 10.7 Å². The van der Waals surface area contributed by atoms with Crippen molar-refractivity contribution >= 4 is 29.1 Å². The standard InChI is InChI=1S/C12H10ClFN4O/c13-8-4-3-5-9(11(8)14)16-12(19)18-17-10-6-1-2-7-15-10/h1-7H,(H,15,17)(H2,16,18,19). The van der Waals surface area contributed by atoms with Gasteiger partial charge in [-0.2, -0.15) is 0 Å². The molecule has 1 aromatic heterocycles. The number of pyridine rings is 1. The molecular weight excluding hydrogens is 271 g/mol. The summed E-state index contributed by atoms with van der Waals surface area (Å²) in [5.41, 5.74) is 4.89. The highest BCUT2D eigenvalue weighted by molar-refractivity contribution is 6.31. The number of amides is 2. The van der Waals surface area contributed by atoms with Crippen molar-refractivity contribution < 1.29 is 9.18 Å². The fraction of sp³-hybridized carbons (Fsp3) is 0. The van der Waals surface area contributed by atoms with E-state index in [4.69, 9.17) is 11.6 Å². The molecule has 0 unspecified atom stereocenters. The summed E-state index contributed by atoms with van der Waals surface area (Å²) in [4.78, 5) is 15.5. The summed E-state index contributed by atoms with van der Waals surface area (Å²) in [6.07, 6.45) is 1.57. The Morgan fingerprint density at radius 2 is 2.05 bits per heavy atom. The van der Waals surface area contributed by atoms with Gasteiger partial charge in [0.1, 0.15) is 5.82 Å². The molecule has 0 saturated heterocycles. The molecule has 7 heteroatoms. The summed E-state index contributed by atoms with van der Waals surface area (Å²) in [6.45, 7) is 0. The van der Waals surface area contributed by atoms with Gasteiger partial charge in [-0.1, -0.05) is 23.7 Å². The smallest absolute Gasteiger partial charge is 0.304 e. The first kappa shape index (κ1) is 13.1. The third kappa shape index (κ3) is 3.56. The molecule has 19 heavy (non-hydrogen) atoms. The normalized spacial score (nSPS) is 9.79. The largest absolute Gasteiger partial charge is 0.337 e. The summed E-state index contributed by atoms with van der Waals surface area (Å²) >= 11 is 5.60. The average Bonchev–Trinajstić information content (AvgIpc) is 2.43. The number of carbonyl (C=O) groups is 1. The second-order valence-electron chi connectivity index (χ2n) is 3.52. The second-order valence-corrected chi connectivity index (χ2v) is 3.93. The van der Waals surface area contributed by atoms with Gasteiger partial charge in [0.25, 0.3) is 0 Å². The molecule has 1 heterocycles. The molecule has 3 N–H and O–H groups in total. The Labute approximate surface area is 113 Å². The van der Waals surface area contributed by atoms with Crippen molar-refractivity contribution in [2.24, 2.45) is 0 Å². The van der Waals surface area contributed by atoms with Gasteiger partial charge in [0.05, 0.1) is 10.7 Å². The molecule has 0 spiro atoms. The number of urea groups is 1. The van der Waals surface area contributed by atoms with Crippen molar-refractivity contribution in [1.82, 2.24) is 10.4 Å². The highest BCUT2D eigenvalue weighted by Gasteiger charge is 2.09. The van der Waals surface area contributed by atoms with Gasteiger partial charge < -0.3 is 5.32 Å². The number of hydrogen-bond acceptors (Lipinski definition) is 3. The maximum absolute atomic E-state index is 13.5. The number of hydrazine groups is 1. The molecule has 0 aliphatic heterocycles. The number of anilines is 2. The number of benzene rings is 1. The van der Waals surface area contributed by atoms with Gasteiger partial charge in [0, 0.05) is 6.20 Å². The Kier molecular flexibility index (Phi) is 4.15. The summed E-state index contributed by atoms with van der Waals surface area (Å²) < 4.78 is 13.5. The number of rotatable bonds is 3. The maximum atomic E-state index is 13.5. The average molecular weight is 281 g/mol. The third-order valence-electron chi connectivity index (χ3n) is 2.17. The number of nitrogens with zero attached hydrogens (tertiary/aromatic N) is 1. The Morgan fingerprint density at radius 1 is 1.21 bits per heavy atom. The molecule has 2 aromatic rings. The van der Waals surface area contributed by atoms with Crippen molar-refractivity contribution in [1.29, 1.82) is 0 Å². The van der Waals surface area contributed by atoms with E-state index in [9.17, 15) is 9.18 Å². The molecule has 98 valence electrons. The molecule has 0 aliphatic rings. The quantitative estimate of drug-likeness (QED) is 0.757. The second kappa shape index (κ2) is 6.01. The van der Waals surface area contributed by atoms with Crippen molar-refractivity contribution in [3.8, 4) is 0 Å². The zero-order valence-corrected chi connectivity index (χ0v) is 10.4. The van der Waals surface area contributed by atoms with E-state index in [-0.39, 0.29) is 10.7 Å². The molecule has 0 aliphatic carbocycles. The first-order chi connectivity index (χ1) is 9.16. The lowest BCUT2D eigenvalue weighted by atomic mass is 10.3. The molecule has 5 nitrogen and oxygen atoms in total. The van der Waals surface area contributed by atoms with E-state index in [0.717, 1.165) is 0 Å². The van der Waals surface area contributed by atoms with E-state index in [1.165, 1.54) is 18.2 Å². The lowest BCUT2D eigenvalue weighted by Crippen LogP contribution is -2.34.